The second-order valence-electron chi connectivity index (χ2n) is 14.9. The van der Waals surface area contributed by atoms with Crippen LogP contribution in [-0.2, 0) is 28.0 Å². The van der Waals surface area contributed by atoms with E-state index in [4.69, 9.17) is 23.5 Å². The van der Waals surface area contributed by atoms with Crippen molar-refractivity contribution in [1.82, 2.24) is 4.90 Å². The van der Waals surface area contributed by atoms with E-state index in [9.17, 15) is 50.3 Å². The Labute approximate surface area is 319 Å². The number of aliphatic hydroxyl groups is 8. The summed E-state index contributed by atoms with van der Waals surface area (Å²) in [7, 11) is -4.26. The van der Waals surface area contributed by atoms with Gasteiger partial charge in [0.05, 0.1) is 31.5 Å². The number of hydrogen-bond donors (Lipinski definition) is 9. The van der Waals surface area contributed by atoms with Crippen molar-refractivity contribution in [3.8, 4) is 0 Å². The molecule has 3 fully saturated rings. The zero-order chi connectivity index (χ0) is 39.8. The highest BCUT2D eigenvalue weighted by Crippen LogP contribution is 2.42. The van der Waals surface area contributed by atoms with Crippen LogP contribution in [0.25, 0.3) is 0 Å². The first-order valence-electron chi connectivity index (χ1n) is 19.7. The highest BCUT2D eigenvalue weighted by molar-refractivity contribution is 7.51. The van der Waals surface area contributed by atoms with Gasteiger partial charge in [-0.15, -0.1) is 0 Å². The van der Waals surface area contributed by atoms with Gasteiger partial charge in [-0.1, -0.05) is 69.8 Å². The molecule has 0 bridgehead atoms. The van der Waals surface area contributed by atoms with Crippen molar-refractivity contribution in [3.63, 3.8) is 0 Å². The summed E-state index contributed by atoms with van der Waals surface area (Å²) >= 11 is 0. The van der Waals surface area contributed by atoms with Crippen LogP contribution in [0, 0.1) is 0 Å². The van der Waals surface area contributed by atoms with Crippen LogP contribution in [0.15, 0.2) is 24.3 Å². The number of unbranched alkanes of at least 4 members (excludes halogenated alkanes) is 9. The molecule has 54 heavy (non-hydrogen) atoms. The minimum Gasteiger partial charge on any atom is -0.395 e. The van der Waals surface area contributed by atoms with E-state index in [-0.39, 0.29) is 6.54 Å². The summed E-state index contributed by atoms with van der Waals surface area (Å²) in [4.78, 5) is 11.6. The Morgan fingerprint density at radius 2 is 1.30 bits per heavy atom. The lowest BCUT2D eigenvalue weighted by Crippen LogP contribution is -2.68. The first kappa shape index (κ1) is 47.5. The number of aliphatic hydroxyl groups excluding tert-OH is 8. The average molecular weight is 798 g/mol. The van der Waals surface area contributed by atoms with Gasteiger partial charge in [0.1, 0.15) is 54.9 Å². The molecule has 0 amide bonds. The van der Waals surface area contributed by atoms with Gasteiger partial charge < -0.3 is 64.7 Å². The molecule has 3 saturated heterocycles. The molecular weight excluding hydrogens is 729 g/mol. The number of hydrogen-bond acceptors (Lipinski definition) is 15. The number of ether oxygens (including phenoxy) is 4. The zero-order valence-electron chi connectivity index (χ0n) is 32.1. The van der Waals surface area contributed by atoms with Crippen LogP contribution in [0.1, 0.15) is 90.9 Å². The van der Waals surface area contributed by atoms with Gasteiger partial charge in [0, 0.05) is 13.2 Å². The van der Waals surface area contributed by atoms with Crippen LogP contribution in [0.4, 0.5) is 0 Å². The minimum absolute atomic E-state index is 0.00254. The van der Waals surface area contributed by atoms with Gasteiger partial charge in [0.25, 0.3) is 0 Å². The van der Waals surface area contributed by atoms with Crippen LogP contribution >= 0.6 is 7.60 Å². The summed E-state index contributed by atoms with van der Waals surface area (Å²) in [6.07, 6.45) is 2.07. The van der Waals surface area contributed by atoms with Crippen molar-refractivity contribution in [3.05, 3.63) is 24.3 Å². The van der Waals surface area contributed by atoms with Crippen molar-refractivity contribution in [2.24, 2.45) is 0 Å². The predicted molar refractivity (Wildman–Crippen MR) is 198 cm³/mol. The van der Waals surface area contributed by atoms with Gasteiger partial charge in [-0.2, -0.15) is 0 Å². The van der Waals surface area contributed by atoms with E-state index in [0.717, 1.165) is 64.5 Å². The van der Waals surface area contributed by atoms with E-state index in [1.54, 1.807) is 0 Å². The van der Waals surface area contributed by atoms with Crippen molar-refractivity contribution in [2.75, 3.05) is 33.0 Å². The van der Waals surface area contributed by atoms with Crippen molar-refractivity contribution in [1.29, 1.82) is 0 Å². The number of β-amino-alcohol motifs (C(OH)–C–C–N with tert-alkyl or cyclic N) is 1. The van der Waals surface area contributed by atoms with Gasteiger partial charge in [-0.05, 0) is 52.0 Å². The van der Waals surface area contributed by atoms with Crippen LogP contribution in [-0.4, -0.2) is 169 Å². The maximum absolute atomic E-state index is 12.1. The number of piperidine rings is 1. The summed E-state index contributed by atoms with van der Waals surface area (Å²) in [6.45, 7) is 3.73. The maximum Gasteiger partial charge on any atom is 0.325 e. The van der Waals surface area contributed by atoms with Gasteiger partial charge in [-0.25, -0.2) is 0 Å². The van der Waals surface area contributed by atoms with E-state index < -0.39 is 107 Å². The van der Waals surface area contributed by atoms with Crippen LogP contribution < -0.4 is 0 Å². The lowest BCUT2D eigenvalue weighted by atomic mass is 9.92. The molecule has 0 aromatic carbocycles. The third-order valence-corrected chi connectivity index (χ3v) is 11.0. The third kappa shape index (κ3) is 14.5. The van der Waals surface area contributed by atoms with Crippen LogP contribution in [0.3, 0.4) is 0 Å². The Morgan fingerprint density at radius 1 is 0.704 bits per heavy atom. The van der Waals surface area contributed by atoms with Gasteiger partial charge in [-0.3, -0.25) is 14.0 Å². The number of nitrogens with zero attached hydrogens (tertiary/aromatic N) is 1. The normalized spacial score (nSPS) is 38.0. The molecule has 316 valence electrons. The molecule has 1 unspecified atom stereocenters. The molecule has 0 saturated carbocycles. The van der Waals surface area contributed by atoms with Gasteiger partial charge in [0.15, 0.2) is 12.6 Å². The Kier molecular flexibility index (Phi) is 21.2. The molecule has 0 aromatic rings. The molecule has 16 nitrogen and oxygen atoms in total. The third-order valence-electron chi connectivity index (χ3n) is 10.3. The highest BCUT2D eigenvalue weighted by atomic mass is 31.2. The molecule has 15 atom stereocenters. The summed E-state index contributed by atoms with van der Waals surface area (Å²) in [5.41, 5.74) is 0. The molecule has 0 spiro atoms. The first-order chi connectivity index (χ1) is 25.7. The summed E-state index contributed by atoms with van der Waals surface area (Å²) < 4.78 is 40.6. The van der Waals surface area contributed by atoms with E-state index in [0.29, 0.717) is 6.54 Å². The average Bonchev–Trinajstić information content (AvgIpc) is 3.13. The highest BCUT2D eigenvalue weighted by Gasteiger charge is 2.53. The Hall–Kier alpha value is -0.890. The fraction of sp³-hybridized carbons (Fsp3) is 0.892. The molecule has 3 rings (SSSR count). The molecule has 0 aliphatic carbocycles. The monoisotopic (exact) mass is 797 g/mol. The van der Waals surface area contributed by atoms with Crippen molar-refractivity contribution in [2.45, 2.75) is 177 Å². The number of likely N-dealkylation sites (tertiary alicyclic amines) is 1. The lowest BCUT2D eigenvalue weighted by molar-refractivity contribution is -0.354. The van der Waals surface area contributed by atoms with Gasteiger partial charge >= 0.3 is 7.60 Å². The van der Waals surface area contributed by atoms with E-state index in [2.05, 4.69) is 31.2 Å². The molecular formula is C37H68NO15P. The van der Waals surface area contributed by atoms with Crippen molar-refractivity contribution >= 4 is 7.60 Å². The zero-order valence-corrected chi connectivity index (χ0v) is 33.0. The minimum atomic E-state index is -4.26. The van der Waals surface area contributed by atoms with Gasteiger partial charge in [0.2, 0.25) is 0 Å². The molecule has 3 heterocycles. The second-order valence-corrected chi connectivity index (χ2v) is 16.7. The molecule has 3 aliphatic heterocycles. The standard InChI is InChI=1S/C37H68NO15P/c1-4-5-6-7-8-9-10-11-12-13-14-15-16-17-18-19-20-38-21-26(41)34(33(25(38)22-39)51-36-31(45)30(44)28(42)24(2)49-36)52-37-32(46)35(53-54(3,47)48)29(43)27(23-40)50-37/h8-9,11-12,24-37,39-46H,4-7,10,13-23H2,1-3H3,(H,47,48)/b9-8-,12-11-/t24-,25+,26-,27+,28-,29-,30-,31+,32+,33+,34+,35-,36-,37-/m0/s1. The fourth-order valence-electron chi connectivity index (χ4n) is 7.19. The van der Waals surface area contributed by atoms with E-state index in [1.165, 1.54) is 26.2 Å². The van der Waals surface area contributed by atoms with Crippen LogP contribution in [0.2, 0.25) is 0 Å². The summed E-state index contributed by atoms with van der Waals surface area (Å²) in [6, 6.07) is -0.855. The predicted octanol–water partition coefficient (Wildman–Crippen LogP) is 1.07. The molecule has 0 aromatic heterocycles. The quantitative estimate of drug-likeness (QED) is 0.0399. The molecule has 9 N–H and O–H groups in total. The SMILES string of the molecule is CCCCC/C=C\C/C=C\CCCCCCCCN1C[C@H](O)[C@@H](O[C@@H]2O[C@H](CO)[C@H](O)[C@H](OP(C)(=O)O)[C@H]2O)[C@H](O[C@@H]2O[C@@H](C)[C@H](O)[C@H](O)[C@H]2O)[C@H]1CO. The molecule has 3 aliphatic rings. The Morgan fingerprint density at radius 3 is 1.91 bits per heavy atom. The number of rotatable bonds is 23. The smallest absolute Gasteiger partial charge is 0.325 e. The largest absolute Gasteiger partial charge is 0.395 e. The fourth-order valence-corrected chi connectivity index (χ4v) is 7.89. The lowest BCUT2D eigenvalue weighted by Gasteiger charge is -2.51. The first-order valence-corrected chi connectivity index (χ1v) is 21.7. The molecule has 0 radical (unpaired) electrons. The second kappa shape index (κ2) is 24.1. The number of allylic oxidation sites excluding steroid dienone is 4. The molecule has 17 heteroatoms. The van der Waals surface area contributed by atoms with E-state index in [1.807, 2.05) is 4.90 Å². The topological polar surface area (TPSA) is 249 Å². The Bertz CT molecular complexity index is 1140. The van der Waals surface area contributed by atoms with Crippen molar-refractivity contribution < 1.29 is 73.8 Å². The van der Waals surface area contributed by atoms with E-state index >= 15 is 0 Å². The van der Waals surface area contributed by atoms with Crippen LogP contribution in [0.5, 0.6) is 0 Å². The Balaban J connectivity index is 1.62. The summed E-state index contributed by atoms with van der Waals surface area (Å²) in [5.74, 6) is 0. The summed E-state index contributed by atoms with van der Waals surface area (Å²) in [5, 5.41) is 85.1. The maximum atomic E-state index is 12.1.